The summed E-state index contributed by atoms with van der Waals surface area (Å²) in [6.07, 6.45) is 3.99. The molecule has 1 atom stereocenters. The highest BCUT2D eigenvalue weighted by Crippen LogP contribution is 2.24. The number of rotatable bonds is 3. The summed E-state index contributed by atoms with van der Waals surface area (Å²) in [7, 11) is 1.65. The molecule has 0 bridgehead atoms. The maximum atomic E-state index is 5.95. The number of nitrogens with zero attached hydrogens (tertiary/aromatic N) is 1. The van der Waals surface area contributed by atoms with Crippen LogP contribution in [0.1, 0.15) is 31.7 Å². The first-order chi connectivity index (χ1) is 8.69. The summed E-state index contributed by atoms with van der Waals surface area (Å²) >= 11 is 0. The van der Waals surface area contributed by atoms with Crippen LogP contribution in [-0.2, 0) is 6.54 Å². The van der Waals surface area contributed by atoms with Gasteiger partial charge in [-0.1, -0.05) is 13.0 Å². The molecular weight excluding hydrogens is 224 g/mol. The monoisotopic (exact) mass is 248 g/mol. The van der Waals surface area contributed by atoms with Crippen molar-refractivity contribution in [2.24, 2.45) is 5.92 Å². The van der Waals surface area contributed by atoms with E-state index >= 15 is 0 Å². The Morgan fingerprint density at radius 3 is 2.89 bits per heavy atom. The maximum Gasteiger partial charge on any atom is 0.141 e. The molecule has 3 heteroatoms. The predicted molar refractivity (Wildman–Crippen MR) is 75.7 cm³/mol. The minimum Gasteiger partial charge on any atom is -0.495 e. The van der Waals surface area contributed by atoms with Crippen molar-refractivity contribution in [3.8, 4) is 5.75 Å². The van der Waals surface area contributed by atoms with Gasteiger partial charge in [-0.3, -0.25) is 4.90 Å². The normalized spacial score (nSPS) is 21.6. The Bertz CT molecular complexity index is 392. The fraction of sp³-hybridized carbons (Fsp3) is 0.600. The van der Waals surface area contributed by atoms with E-state index in [9.17, 15) is 0 Å². The first kappa shape index (κ1) is 13.2. The third-order valence-electron chi connectivity index (χ3n) is 3.81. The smallest absolute Gasteiger partial charge is 0.141 e. The second-order valence-electron chi connectivity index (χ2n) is 5.39. The zero-order valence-electron chi connectivity index (χ0n) is 11.5. The van der Waals surface area contributed by atoms with E-state index in [2.05, 4.69) is 17.9 Å². The number of nitrogen functional groups attached to an aromatic ring is 1. The molecule has 2 N–H and O–H groups in total. The Morgan fingerprint density at radius 1 is 1.33 bits per heavy atom. The maximum absolute atomic E-state index is 5.95. The van der Waals surface area contributed by atoms with E-state index in [0.29, 0.717) is 0 Å². The highest BCUT2D eigenvalue weighted by Gasteiger charge is 2.14. The predicted octanol–water partition coefficient (Wildman–Crippen LogP) is 2.90. The minimum absolute atomic E-state index is 0.734. The third-order valence-corrected chi connectivity index (χ3v) is 3.81. The van der Waals surface area contributed by atoms with Crippen molar-refractivity contribution in [2.45, 2.75) is 32.7 Å². The second-order valence-corrected chi connectivity index (χ2v) is 5.39. The number of methoxy groups -OCH3 is 1. The average molecular weight is 248 g/mol. The number of anilines is 1. The van der Waals surface area contributed by atoms with Crippen LogP contribution in [0.2, 0.25) is 0 Å². The number of ether oxygens (including phenoxy) is 1. The molecular formula is C15H24N2O. The van der Waals surface area contributed by atoms with Crippen molar-refractivity contribution in [2.75, 3.05) is 25.9 Å². The van der Waals surface area contributed by atoms with E-state index in [1.807, 2.05) is 12.1 Å². The quantitative estimate of drug-likeness (QED) is 0.836. The summed E-state index contributed by atoms with van der Waals surface area (Å²) in [5.41, 5.74) is 7.96. The van der Waals surface area contributed by atoms with Gasteiger partial charge in [0.2, 0.25) is 0 Å². The van der Waals surface area contributed by atoms with Crippen molar-refractivity contribution in [1.82, 2.24) is 4.90 Å². The van der Waals surface area contributed by atoms with Gasteiger partial charge in [-0.05, 0) is 56.0 Å². The molecule has 1 fully saturated rings. The molecule has 0 aromatic heterocycles. The van der Waals surface area contributed by atoms with Crippen LogP contribution in [0.25, 0.3) is 0 Å². The topological polar surface area (TPSA) is 38.5 Å². The molecule has 1 heterocycles. The molecule has 3 nitrogen and oxygen atoms in total. The average Bonchev–Trinajstić information content (AvgIpc) is 2.55. The van der Waals surface area contributed by atoms with E-state index in [4.69, 9.17) is 10.5 Å². The van der Waals surface area contributed by atoms with Gasteiger partial charge in [0.15, 0.2) is 0 Å². The van der Waals surface area contributed by atoms with Crippen LogP contribution in [0.15, 0.2) is 18.2 Å². The van der Waals surface area contributed by atoms with Crippen LogP contribution in [0.5, 0.6) is 5.75 Å². The van der Waals surface area contributed by atoms with Crippen molar-refractivity contribution in [1.29, 1.82) is 0 Å². The van der Waals surface area contributed by atoms with Gasteiger partial charge >= 0.3 is 0 Å². The highest BCUT2D eigenvalue weighted by molar-refractivity contribution is 5.54. The van der Waals surface area contributed by atoms with Crippen molar-refractivity contribution in [3.63, 3.8) is 0 Å². The Kier molecular flexibility index (Phi) is 4.48. The molecule has 100 valence electrons. The van der Waals surface area contributed by atoms with E-state index < -0.39 is 0 Å². The van der Waals surface area contributed by atoms with E-state index in [1.54, 1.807) is 7.11 Å². The van der Waals surface area contributed by atoms with Crippen LogP contribution in [0.3, 0.4) is 0 Å². The van der Waals surface area contributed by atoms with E-state index in [1.165, 1.54) is 37.9 Å². The standard InChI is InChI=1S/C15H24N2O/c1-12-4-3-8-17(9-7-12)11-13-5-6-15(18-2)14(16)10-13/h5-6,10,12H,3-4,7-9,11,16H2,1-2H3. The van der Waals surface area contributed by atoms with Crippen LogP contribution in [0, 0.1) is 5.92 Å². The summed E-state index contributed by atoms with van der Waals surface area (Å²) in [6.45, 7) is 5.76. The minimum atomic E-state index is 0.734. The summed E-state index contributed by atoms with van der Waals surface area (Å²) in [5, 5.41) is 0. The lowest BCUT2D eigenvalue weighted by molar-refractivity contribution is 0.273. The van der Waals surface area contributed by atoms with Gasteiger partial charge < -0.3 is 10.5 Å². The number of benzene rings is 1. The number of nitrogens with two attached hydrogens (primary N) is 1. The number of hydrogen-bond acceptors (Lipinski definition) is 3. The van der Waals surface area contributed by atoms with Crippen molar-refractivity contribution in [3.05, 3.63) is 23.8 Å². The number of likely N-dealkylation sites (tertiary alicyclic amines) is 1. The molecule has 0 saturated carbocycles. The zero-order chi connectivity index (χ0) is 13.0. The van der Waals surface area contributed by atoms with Crippen molar-refractivity contribution < 1.29 is 4.74 Å². The lowest BCUT2D eigenvalue weighted by atomic mass is 10.0. The first-order valence-corrected chi connectivity index (χ1v) is 6.84. The van der Waals surface area contributed by atoms with E-state index in [0.717, 1.165) is 23.9 Å². The van der Waals surface area contributed by atoms with Gasteiger partial charge in [-0.15, -0.1) is 0 Å². The summed E-state index contributed by atoms with van der Waals surface area (Å²) in [4.78, 5) is 2.53. The molecule has 1 aromatic carbocycles. The lowest BCUT2D eigenvalue weighted by Gasteiger charge is -2.20. The Labute approximate surface area is 110 Å². The number of hydrogen-bond donors (Lipinski definition) is 1. The van der Waals surface area contributed by atoms with Crippen molar-refractivity contribution >= 4 is 5.69 Å². The Morgan fingerprint density at radius 2 is 2.17 bits per heavy atom. The Balaban J connectivity index is 1.98. The van der Waals surface area contributed by atoms with Gasteiger partial charge in [0, 0.05) is 6.54 Å². The molecule has 0 aliphatic carbocycles. The van der Waals surface area contributed by atoms with Crippen LogP contribution in [0.4, 0.5) is 5.69 Å². The highest BCUT2D eigenvalue weighted by atomic mass is 16.5. The lowest BCUT2D eigenvalue weighted by Crippen LogP contribution is -2.24. The molecule has 18 heavy (non-hydrogen) atoms. The van der Waals surface area contributed by atoms with Crippen LogP contribution in [-0.4, -0.2) is 25.1 Å². The molecule has 1 unspecified atom stereocenters. The van der Waals surface area contributed by atoms with E-state index in [-0.39, 0.29) is 0 Å². The van der Waals surface area contributed by atoms with Crippen LogP contribution < -0.4 is 10.5 Å². The van der Waals surface area contributed by atoms with Crippen LogP contribution >= 0.6 is 0 Å². The molecule has 0 spiro atoms. The molecule has 1 aromatic rings. The second kappa shape index (κ2) is 6.10. The molecule has 1 aliphatic heterocycles. The first-order valence-electron chi connectivity index (χ1n) is 6.84. The molecule has 0 amide bonds. The summed E-state index contributed by atoms with van der Waals surface area (Å²) < 4.78 is 5.19. The summed E-state index contributed by atoms with van der Waals surface area (Å²) in [6, 6.07) is 6.11. The van der Waals surface area contributed by atoms with Gasteiger partial charge in [0.1, 0.15) is 5.75 Å². The fourth-order valence-electron chi connectivity index (χ4n) is 2.62. The van der Waals surface area contributed by atoms with Gasteiger partial charge in [0.05, 0.1) is 12.8 Å². The van der Waals surface area contributed by atoms with Gasteiger partial charge in [-0.25, -0.2) is 0 Å². The third kappa shape index (κ3) is 3.39. The fourth-order valence-corrected chi connectivity index (χ4v) is 2.62. The zero-order valence-corrected chi connectivity index (χ0v) is 11.5. The SMILES string of the molecule is COc1ccc(CN2CCCC(C)CC2)cc1N. The van der Waals surface area contributed by atoms with Gasteiger partial charge in [-0.2, -0.15) is 0 Å². The molecule has 0 radical (unpaired) electrons. The largest absolute Gasteiger partial charge is 0.495 e. The molecule has 1 aliphatic rings. The molecule has 1 saturated heterocycles. The summed E-state index contributed by atoms with van der Waals surface area (Å²) in [5.74, 6) is 1.64. The molecule has 2 rings (SSSR count). The Hall–Kier alpha value is -1.22. The van der Waals surface area contributed by atoms with Gasteiger partial charge in [0.25, 0.3) is 0 Å².